The van der Waals surface area contributed by atoms with Crippen molar-refractivity contribution in [3.05, 3.63) is 30.0 Å². The third-order valence-electron chi connectivity index (χ3n) is 3.10. The van der Waals surface area contributed by atoms with E-state index in [0.717, 1.165) is 18.7 Å². The molecule has 0 saturated carbocycles. The Morgan fingerprint density at radius 3 is 2.71 bits per heavy atom. The van der Waals surface area contributed by atoms with Gasteiger partial charge >= 0.3 is 0 Å². The molecular weight excluding hydrogens is 212 g/mol. The largest absolute Gasteiger partial charge is 0.496 e. The second-order valence-corrected chi connectivity index (χ2v) is 4.67. The molecule has 0 aliphatic heterocycles. The highest BCUT2D eigenvalue weighted by molar-refractivity contribution is 5.90. The number of hydrogen-bond acceptors (Lipinski definition) is 2. The molecule has 3 heteroatoms. The standard InChI is InChI=1S/C14H20N2O/c1-15(2)9-8-11-10-16(3)12-6-5-7-13(17-4)14(11)12/h5-7,10H,8-9H2,1-4H3. The fraction of sp³-hybridized carbons (Fsp3) is 0.429. The maximum absolute atomic E-state index is 5.46. The normalized spacial score (nSPS) is 11.4. The van der Waals surface area contributed by atoms with Crippen LogP contribution in [-0.4, -0.2) is 37.2 Å². The number of benzene rings is 1. The van der Waals surface area contributed by atoms with Gasteiger partial charge in [0.1, 0.15) is 5.75 Å². The summed E-state index contributed by atoms with van der Waals surface area (Å²) in [7, 11) is 8.02. The smallest absolute Gasteiger partial charge is 0.128 e. The van der Waals surface area contributed by atoms with E-state index in [1.54, 1.807) is 7.11 Å². The second-order valence-electron chi connectivity index (χ2n) is 4.67. The number of hydrogen-bond donors (Lipinski definition) is 0. The number of nitrogens with zero attached hydrogens (tertiary/aromatic N) is 2. The molecule has 0 aliphatic carbocycles. The van der Waals surface area contributed by atoms with E-state index in [-0.39, 0.29) is 0 Å². The minimum absolute atomic E-state index is 0.969. The van der Waals surface area contributed by atoms with Crippen LogP contribution in [0.2, 0.25) is 0 Å². The molecule has 2 aromatic rings. The molecule has 1 heterocycles. The summed E-state index contributed by atoms with van der Waals surface area (Å²) in [6, 6.07) is 6.20. The van der Waals surface area contributed by atoms with Crippen LogP contribution in [0.3, 0.4) is 0 Å². The zero-order valence-corrected chi connectivity index (χ0v) is 11.0. The number of methoxy groups -OCH3 is 1. The third kappa shape index (κ3) is 2.29. The zero-order chi connectivity index (χ0) is 12.4. The molecule has 0 spiro atoms. The van der Waals surface area contributed by atoms with Gasteiger partial charge in [0.05, 0.1) is 12.6 Å². The van der Waals surface area contributed by atoms with Gasteiger partial charge in [-0.15, -0.1) is 0 Å². The zero-order valence-electron chi connectivity index (χ0n) is 11.0. The lowest BCUT2D eigenvalue weighted by molar-refractivity contribution is 0.411. The molecule has 0 bridgehead atoms. The topological polar surface area (TPSA) is 17.4 Å². The first-order valence-electron chi connectivity index (χ1n) is 5.89. The van der Waals surface area contributed by atoms with Crippen molar-refractivity contribution in [3.8, 4) is 5.75 Å². The van der Waals surface area contributed by atoms with Crippen LogP contribution in [0.15, 0.2) is 24.4 Å². The molecule has 0 fully saturated rings. The molecule has 0 saturated heterocycles. The van der Waals surface area contributed by atoms with Gasteiger partial charge in [-0.1, -0.05) is 6.07 Å². The lowest BCUT2D eigenvalue weighted by atomic mass is 10.1. The van der Waals surface area contributed by atoms with Gasteiger partial charge in [0.15, 0.2) is 0 Å². The van der Waals surface area contributed by atoms with Crippen molar-refractivity contribution in [2.24, 2.45) is 7.05 Å². The van der Waals surface area contributed by atoms with E-state index in [0.29, 0.717) is 0 Å². The lowest BCUT2D eigenvalue weighted by Gasteiger charge is -2.09. The third-order valence-corrected chi connectivity index (χ3v) is 3.10. The van der Waals surface area contributed by atoms with E-state index in [9.17, 15) is 0 Å². The van der Waals surface area contributed by atoms with Crippen molar-refractivity contribution >= 4 is 10.9 Å². The average molecular weight is 232 g/mol. The molecule has 92 valence electrons. The van der Waals surface area contributed by atoms with Gasteiger partial charge in [-0.3, -0.25) is 0 Å². The van der Waals surface area contributed by atoms with Crippen LogP contribution in [-0.2, 0) is 13.5 Å². The van der Waals surface area contributed by atoms with Gasteiger partial charge < -0.3 is 14.2 Å². The van der Waals surface area contributed by atoms with Gasteiger partial charge in [-0.25, -0.2) is 0 Å². The fourth-order valence-electron chi connectivity index (χ4n) is 2.21. The SMILES string of the molecule is COc1cccc2c1c(CCN(C)C)cn2C. The molecule has 0 N–H and O–H groups in total. The summed E-state index contributed by atoms with van der Waals surface area (Å²) in [6.07, 6.45) is 3.25. The summed E-state index contributed by atoms with van der Waals surface area (Å²) in [5.74, 6) is 0.969. The number of fused-ring (bicyclic) bond motifs is 1. The van der Waals surface area contributed by atoms with Crippen molar-refractivity contribution in [3.63, 3.8) is 0 Å². The van der Waals surface area contributed by atoms with Crippen LogP contribution in [0, 0.1) is 0 Å². The highest BCUT2D eigenvalue weighted by Gasteiger charge is 2.11. The summed E-state index contributed by atoms with van der Waals surface area (Å²) in [4.78, 5) is 2.20. The average Bonchev–Trinajstić information content (AvgIpc) is 2.64. The van der Waals surface area contributed by atoms with Crippen LogP contribution >= 0.6 is 0 Å². The Morgan fingerprint density at radius 2 is 2.06 bits per heavy atom. The number of likely N-dealkylation sites (N-methyl/N-ethyl adjacent to an activating group) is 1. The first kappa shape index (κ1) is 12.0. The van der Waals surface area contributed by atoms with E-state index in [1.807, 2.05) is 12.1 Å². The Kier molecular flexibility index (Phi) is 3.38. The van der Waals surface area contributed by atoms with Crippen LogP contribution in [0.1, 0.15) is 5.56 Å². The molecule has 0 unspecified atom stereocenters. The first-order valence-corrected chi connectivity index (χ1v) is 5.89. The number of aryl methyl sites for hydroxylation is 1. The summed E-state index contributed by atoms with van der Waals surface area (Å²) >= 11 is 0. The molecule has 17 heavy (non-hydrogen) atoms. The van der Waals surface area contributed by atoms with E-state index in [1.165, 1.54) is 16.5 Å². The molecular formula is C14H20N2O. The summed E-state index contributed by atoms with van der Waals surface area (Å²) in [5.41, 5.74) is 2.59. The monoisotopic (exact) mass is 232 g/mol. The van der Waals surface area contributed by atoms with E-state index >= 15 is 0 Å². The van der Waals surface area contributed by atoms with Crippen LogP contribution in [0.4, 0.5) is 0 Å². The van der Waals surface area contributed by atoms with Crippen LogP contribution in [0.25, 0.3) is 10.9 Å². The first-order chi connectivity index (χ1) is 8.13. The summed E-state index contributed by atoms with van der Waals surface area (Å²) in [5, 5.41) is 1.25. The van der Waals surface area contributed by atoms with Gasteiger partial charge in [0.2, 0.25) is 0 Å². The van der Waals surface area contributed by atoms with Gasteiger partial charge in [0, 0.05) is 25.2 Å². The van der Waals surface area contributed by atoms with Gasteiger partial charge in [0.25, 0.3) is 0 Å². The second kappa shape index (κ2) is 4.80. The minimum Gasteiger partial charge on any atom is -0.496 e. The van der Waals surface area contributed by atoms with Crippen LogP contribution in [0.5, 0.6) is 5.75 Å². The number of rotatable bonds is 4. The van der Waals surface area contributed by atoms with Crippen molar-refractivity contribution in [1.82, 2.24) is 9.47 Å². The van der Waals surface area contributed by atoms with E-state index < -0.39 is 0 Å². The molecule has 0 atom stereocenters. The summed E-state index contributed by atoms with van der Waals surface area (Å²) in [6.45, 7) is 1.05. The van der Waals surface area contributed by atoms with E-state index in [2.05, 4.69) is 42.9 Å². The molecule has 1 aromatic heterocycles. The highest BCUT2D eigenvalue weighted by atomic mass is 16.5. The Hall–Kier alpha value is -1.48. The molecule has 2 rings (SSSR count). The van der Waals surface area contributed by atoms with Crippen molar-refractivity contribution < 1.29 is 4.74 Å². The van der Waals surface area contributed by atoms with Crippen molar-refractivity contribution in [1.29, 1.82) is 0 Å². The highest BCUT2D eigenvalue weighted by Crippen LogP contribution is 2.30. The molecule has 1 aromatic carbocycles. The van der Waals surface area contributed by atoms with Crippen molar-refractivity contribution in [2.75, 3.05) is 27.7 Å². The predicted octanol–water partition coefficient (Wildman–Crippen LogP) is 2.29. The molecule has 0 amide bonds. The van der Waals surface area contributed by atoms with E-state index in [4.69, 9.17) is 4.74 Å². The Labute approximate surface area is 103 Å². The predicted molar refractivity (Wildman–Crippen MR) is 71.7 cm³/mol. The molecule has 0 radical (unpaired) electrons. The lowest BCUT2D eigenvalue weighted by Crippen LogP contribution is -2.14. The Balaban J connectivity index is 2.48. The maximum Gasteiger partial charge on any atom is 0.128 e. The number of ether oxygens (including phenoxy) is 1. The maximum atomic E-state index is 5.46. The Morgan fingerprint density at radius 1 is 1.29 bits per heavy atom. The summed E-state index contributed by atoms with van der Waals surface area (Å²) < 4.78 is 7.63. The van der Waals surface area contributed by atoms with Gasteiger partial charge in [-0.05, 0) is 38.2 Å². The quantitative estimate of drug-likeness (QED) is 0.804. The Bertz CT molecular complexity index is 514. The molecule has 3 nitrogen and oxygen atoms in total. The minimum atomic E-state index is 0.969. The van der Waals surface area contributed by atoms with Crippen molar-refractivity contribution in [2.45, 2.75) is 6.42 Å². The number of aromatic nitrogens is 1. The molecule has 0 aliphatic rings. The fourth-order valence-corrected chi connectivity index (χ4v) is 2.21. The van der Waals surface area contributed by atoms with Crippen LogP contribution < -0.4 is 4.74 Å². The van der Waals surface area contributed by atoms with Gasteiger partial charge in [-0.2, -0.15) is 0 Å².